The first-order valence-corrected chi connectivity index (χ1v) is 8.73. The van der Waals surface area contributed by atoms with E-state index in [1.807, 2.05) is 0 Å². The molecule has 4 N–H and O–H groups in total. The zero-order valence-corrected chi connectivity index (χ0v) is 13.1. The zero-order chi connectivity index (χ0) is 15.5. The van der Waals surface area contributed by atoms with Crippen LogP contribution in [0.25, 0.3) is 0 Å². The van der Waals surface area contributed by atoms with Gasteiger partial charge in [-0.1, -0.05) is 12.8 Å². The van der Waals surface area contributed by atoms with Crippen molar-refractivity contribution in [3.05, 3.63) is 0 Å². The molecule has 0 aromatic carbocycles. The molecule has 0 radical (unpaired) electrons. The lowest BCUT2D eigenvalue weighted by Gasteiger charge is -2.58. The number of carbonyl (C=O) groups is 2. The number of hydrogen-bond acceptors (Lipinski definition) is 4. The van der Waals surface area contributed by atoms with Gasteiger partial charge in [-0.25, -0.2) is 0 Å². The molecule has 3 unspecified atom stereocenters. The number of esters is 1. The third-order valence-electron chi connectivity index (χ3n) is 6.84. The fourth-order valence-corrected chi connectivity index (χ4v) is 5.99. The number of rotatable bonds is 3. The van der Waals surface area contributed by atoms with Crippen molar-refractivity contribution >= 4 is 11.9 Å². The molecule has 4 bridgehead atoms. The second-order valence-electron chi connectivity index (χ2n) is 8.32. The Bertz CT molecular complexity index is 498. The van der Waals surface area contributed by atoms with Crippen LogP contribution in [0.1, 0.15) is 57.8 Å². The smallest absolute Gasteiger partial charge is 0.326 e. The molecule has 5 rings (SSSR count). The maximum Gasteiger partial charge on any atom is 0.326 e. The summed E-state index contributed by atoms with van der Waals surface area (Å²) in [4.78, 5) is 24.9. The molecule has 22 heavy (non-hydrogen) atoms. The zero-order valence-electron chi connectivity index (χ0n) is 13.1. The minimum atomic E-state index is -0.840. The molecule has 122 valence electrons. The van der Waals surface area contributed by atoms with Gasteiger partial charge in [0, 0.05) is 0 Å². The first-order valence-electron chi connectivity index (χ1n) is 8.73. The Morgan fingerprint density at radius 2 is 1.59 bits per heavy atom. The number of primary amides is 1. The Balaban J connectivity index is 1.60. The Morgan fingerprint density at radius 3 is 2.14 bits per heavy atom. The Hall–Kier alpha value is -1.10. The van der Waals surface area contributed by atoms with Gasteiger partial charge in [-0.2, -0.15) is 0 Å². The largest absolute Gasteiger partial charge is 0.460 e. The molecule has 3 atom stereocenters. The predicted octanol–water partition coefficient (Wildman–Crippen LogP) is 1.48. The molecule has 5 fully saturated rings. The van der Waals surface area contributed by atoms with Crippen molar-refractivity contribution in [2.75, 3.05) is 0 Å². The first kappa shape index (κ1) is 14.5. The number of amides is 1. The number of carbonyl (C=O) groups excluding carboxylic acids is 2. The minimum absolute atomic E-state index is 0.276. The molecule has 0 spiro atoms. The van der Waals surface area contributed by atoms with Crippen molar-refractivity contribution in [3.8, 4) is 0 Å². The average Bonchev–Trinajstić information content (AvgIpc) is 2.90. The molecule has 5 nitrogen and oxygen atoms in total. The molecule has 0 saturated heterocycles. The molecular weight excluding hydrogens is 280 g/mol. The summed E-state index contributed by atoms with van der Waals surface area (Å²) < 4.78 is 5.91. The number of hydrogen-bond donors (Lipinski definition) is 2. The highest BCUT2D eigenvalue weighted by Gasteiger charge is 2.62. The van der Waals surface area contributed by atoms with Crippen molar-refractivity contribution in [1.29, 1.82) is 0 Å². The third kappa shape index (κ3) is 1.94. The number of ether oxygens (including phenoxy) is 1. The summed E-state index contributed by atoms with van der Waals surface area (Å²) in [5.41, 5.74) is 10.6. The summed E-state index contributed by atoms with van der Waals surface area (Å²) in [6.45, 7) is 0. The van der Waals surface area contributed by atoms with E-state index in [1.54, 1.807) is 0 Å². The summed E-state index contributed by atoms with van der Waals surface area (Å²) in [7, 11) is 0. The Kier molecular flexibility index (Phi) is 3.09. The van der Waals surface area contributed by atoms with Crippen molar-refractivity contribution in [2.24, 2.45) is 34.6 Å². The lowest BCUT2D eigenvalue weighted by Crippen LogP contribution is -2.63. The molecule has 5 aliphatic rings. The second-order valence-corrected chi connectivity index (χ2v) is 8.32. The molecule has 0 aromatic heterocycles. The van der Waals surface area contributed by atoms with E-state index >= 15 is 0 Å². The van der Waals surface area contributed by atoms with E-state index in [-0.39, 0.29) is 18.0 Å². The van der Waals surface area contributed by atoms with Crippen LogP contribution in [0.5, 0.6) is 0 Å². The molecule has 1 amide bonds. The molecule has 5 saturated carbocycles. The summed E-state index contributed by atoms with van der Waals surface area (Å²) in [5, 5.41) is 0. The van der Waals surface area contributed by atoms with Crippen LogP contribution < -0.4 is 11.5 Å². The topological polar surface area (TPSA) is 95.4 Å². The summed E-state index contributed by atoms with van der Waals surface area (Å²) >= 11 is 0. The highest BCUT2D eigenvalue weighted by Crippen LogP contribution is 2.61. The van der Waals surface area contributed by atoms with E-state index in [1.165, 1.54) is 6.42 Å². The molecular formula is C17H26N2O3. The Labute approximate surface area is 131 Å². The van der Waals surface area contributed by atoms with E-state index < -0.39 is 11.0 Å². The fraction of sp³-hybridized carbons (Fsp3) is 0.882. The van der Waals surface area contributed by atoms with Gasteiger partial charge in [-0.15, -0.1) is 0 Å². The van der Waals surface area contributed by atoms with Crippen LogP contribution in [0.3, 0.4) is 0 Å². The maximum absolute atomic E-state index is 12.6. The predicted molar refractivity (Wildman–Crippen MR) is 80.4 cm³/mol. The molecule has 0 aromatic rings. The van der Waals surface area contributed by atoms with Crippen LogP contribution >= 0.6 is 0 Å². The van der Waals surface area contributed by atoms with Gasteiger partial charge in [0.15, 0.2) is 0 Å². The second kappa shape index (κ2) is 4.70. The number of nitrogens with two attached hydrogens (primary N) is 2. The van der Waals surface area contributed by atoms with Crippen LogP contribution in [0.15, 0.2) is 0 Å². The van der Waals surface area contributed by atoms with E-state index in [2.05, 4.69) is 0 Å². The van der Waals surface area contributed by atoms with E-state index in [0.717, 1.165) is 38.5 Å². The molecule has 0 heterocycles. The monoisotopic (exact) mass is 306 g/mol. The quantitative estimate of drug-likeness (QED) is 0.772. The summed E-state index contributed by atoms with van der Waals surface area (Å²) in [6, 6.07) is 0. The van der Waals surface area contributed by atoms with Crippen LogP contribution in [-0.2, 0) is 14.3 Å². The van der Waals surface area contributed by atoms with Crippen molar-refractivity contribution < 1.29 is 14.3 Å². The summed E-state index contributed by atoms with van der Waals surface area (Å²) in [6.07, 6.45) is 7.95. The van der Waals surface area contributed by atoms with E-state index in [9.17, 15) is 9.59 Å². The van der Waals surface area contributed by atoms with Gasteiger partial charge in [0.1, 0.15) is 11.6 Å². The fourth-order valence-electron chi connectivity index (χ4n) is 5.99. The Morgan fingerprint density at radius 1 is 1.00 bits per heavy atom. The van der Waals surface area contributed by atoms with Gasteiger partial charge in [-0.3, -0.25) is 9.59 Å². The normalized spacial score (nSPS) is 45.0. The van der Waals surface area contributed by atoms with E-state index in [4.69, 9.17) is 16.2 Å². The van der Waals surface area contributed by atoms with Crippen LogP contribution in [0.2, 0.25) is 0 Å². The third-order valence-corrected chi connectivity index (χ3v) is 6.84. The van der Waals surface area contributed by atoms with Crippen LogP contribution in [0.4, 0.5) is 0 Å². The van der Waals surface area contributed by atoms with Gasteiger partial charge in [0.05, 0.1) is 5.41 Å². The SMILES string of the molecule is NC(=O)C12CC3CC(CC(C3)C1OC(=O)C1(N)CCCC1)C2. The highest BCUT2D eigenvalue weighted by atomic mass is 16.5. The van der Waals surface area contributed by atoms with E-state index in [0.29, 0.717) is 30.6 Å². The van der Waals surface area contributed by atoms with Gasteiger partial charge >= 0.3 is 5.97 Å². The van der Waals surface area contributed by atoms with Gasteiger partial charge < -0.3 is 16.2 Å². The van der Waals surface area contributed by atoms with Crippen molar-refractivity contribution in [2.45, 2.75) is 69.4 Å². The van der Waals surface area contributed by atoms with Crippen molar-refractivity contribution in [1.82, 2.24) is 0 Å². The highest BCUT2D eigenvalue weighted by molar-refractivity contribution is 5.84. The average molecular weight is 306 g/mol. The van der Waals surface area contributed by atoms with Crippen LogP contribution in [0, 0.1) is 23.2 Å². The molecule has 5 aliphatic carbocycles. The molecule has 0 aliphatic heterocycles. The van der Waals surface area contributed by atoms with Gasteiger partial charge in [0.25, 0.3) is 0 Å². The van der Waals surface area contributed by atoms with Gasteiger partial charge in [-0.05, 0) is 62.7 Å². The first-order chi connectivity index (χ1) is 10.4. The van der Waals surface area contributed by atoms with Gasteiger partial charge in [0.2, 0.25) is 5.91 Å². The standard InChI is InChI=1S/C17H26N2O3/c18-14(20)16-8-10-5-11(9-16)7-12(6-10)13(16)22-15(21)17(19)3-1-2-4-17/h10-13H,1-9,19H2,(H2,18,20). The molecule has 5 heteroatoms. The van der Waals surface area contributed by atoms with Crippen LogP contribution in [-0.4, -0.2) is 23.5 Å². The lowest BCUT2D eigenvalue weighted by atomic mass is 9.48. The van der Waals surface area contributed by atoms with Crippen molar-refractivity contribution in [3.63, 3.8) is 0 Å². The summed E-state index contributed by atoms with van der Waals surface area (Å²) in [5.74, 6) is 0.884. The minimum Gasteiger partial charge on any atom is -0.460 e. The maximum atomic E-state index is 12.6. The lowest BCUT2D eigenvalue weighted by molar-refractivity contribution is -0.199.